The van der Waals surface area contributed by atoms with Gasteiger partial charge in [0, 0.05) is 25.5 Å². The van der Waals surface area contributed by atoms with Crippen molar-refractivity contribution in [2.45, 2.75) is 6.54 Å². The van der Waals surface area contributed by atoms with Gasteiger partial charge in [0.05, 0.1) is 6.33 Å². The first kappa shape index (κ1) is 7.02. The summed E-state index contributed by atoms with van der Waals surface area (Å²) in [5, 5.41) is 0. The van der Waals surface area contributed by atoms with E-state index >= 15 is 0 Å². The third-order valence-electron chi connectivity index (χ3n) is 1.25. The maximum absolute atomic E-state index is 5.36. The molecule has 0 aliphatic carbocycles. The molecule has 0 atom stereocenters. The van der Waals surface area contributed by atoms with Crippen LogP contribution in [0.2, 0.25) is 0 Å². The van der Waals surface area contributed by atoms with E-state index in [-0.39, 0.29) is 0 Å². The Balaban J connectivity index is 2.48. The van der Waals surface area contributed by atoms with Gasteiger partial charge in [-0.25, -0.2) is 4.98 Å². The van der Waals surface area contributed by atoms with Crippen molar-refractivity contribution in [3.05, 3.63) is 30.9 Å². The third-order valence-corrected chi connectivity index (χ3v) is 1.25. The predicted molar refractivity (Wildman–Crippen MR) is 40.4 cm³/mol. The molecule has 3 nitrogen and oxygen atoms in total. The molecule has 0 aliphatic heterocycles. The van der Waals surface area contributed by atoms with Crippen molar-refractivity contribution in [2.75, 3.05) is 6.54 Å². The third kappa shape index (κ3) is 1.70. The van der Waals surface area contributed by atoms with Gasteiger partial charge in [-0.2, -0.15) is 0 Å². The molecule has 1 rings (SSSR count). The first-order valence-electron chi connectivity index (χ1n) is 3.15. The van der Waals surface area contributed by atoms with Gasteiger partial charge in [0.25, 0.3) is 0 Å². The van der Waals surface area contributed by atoms with Crippen molar-refractivity contribution in [3.8, 4) is 0 Å². The van der Waals surface area contributed by atoms with Crippen LogP contribution in [0.3, 0.4) is 0 Å². The van der Waals surface area contributed by atoms with Crippen molar-refractivity contribution >= 4 is 0 Å². The van der Waals surface area contributed by atoms with E-state index in [0.717, 1.165) is 12.1 Å². The molecule has 0 unspecified atom stereocenters. The second-order valence-corrected chi connectivity index (χ2v) is 2.19. The molecule has 0 bridgehead atoms. The Morgan fingerprint density at radius 3 is 3.00 bits per heavy atom. The average Bonchev–Trinajstić information content (AvgIpc) is 2.40. The Bertz CT molecular complexity index is 201. The molecule has 54 valence electrons. The van der Waals surface area contributed by atoms with Crippen LogP contribution in [0.4, 0.5) is 0 Å². The van der Waals surface area contributed by atoms with Crippen LogP contribution in [0.5, 0.6) is 0 Å². The average molecular weight is 137 g/mol. The monoisotopic (exact) mass is 137 g/mol. The Morgan fingerprint density at radius 1 is 1.70 bits per heavy atom. The number of nitrogens with zero attached hydrogens (tertiary/aromatic N) is 2. The molecule has 1 heterocycles. The van der Waals surface area contributed by atoms with Crippen LogP contribution >= 0.6 is 0 Å². The van der Waals surface area contributed by atoms with Crippen LogP contribution in [-0.4, -0.2) is 16.1 Å². The Labute approximate surface area is 60.2 Å². The van der Waals surface area contributed by atoms with Crippen molar-refractivity contribution in [1.29, 1.82) is 0 Å². The molecule has 0 saturated carbocycles. The zero-order chi connectivity index (χ0) is 7.40. The zero-order valence-corrected chi connectivity index (χ0v) is 5.83. The summed E-state index contributed by atoms with van der Waals surface area (Å²) in [7, 11) is 0. The summed E-state index contributed by atoms with van der Waals surface area (Å²) in [6, 6.07) is 0. The van der Waals surface area contributed by atoms with Gasteiger partial charge in [0.15, 0.2) is 0 Å². The summed E-state index contributed by atoms with van der Waals surface area (Å²) in [6.45, 7) is 5.09. The van der Waals surface area contributed by atoms with Gasteiger partial charge in [0.2, 0.25) is 0 Å². The van der Waals surface area contributed by atoms with Gasteiger partial charge >= 0.3 is 0 Å². The number of rotatable bonds is 3. The second kappa shape index (κ2) is 3.17. The Kier molecular flexibility index (Phi) is 2.23. The second-order valence-electron chi connectivity index (χ2n) is 2.19. The van der Waals surface area contributed by atoms with Crippen LogP contribution in [0.15, 0.2) is 30.9 Å². The fourth-order valence-electron chi connectivity index (χ4n) is 0.703. The molecule has 0 fully saturated rings. The van der Waals surface area contributed by atoms with Crippen molar-refractivity contribution < 1.29 is 0 Å². The van der Waals surface area contributed by atoms with Gasteiger partial charge < -0.3 is 10.3 Å². The summed E-state index contributed by atoms with van der Waals surface area (Å²) in [6.07, 6.45) is 5.38. The van der Waals surface area contributed by atoms with E-state index in [4.69, 9.17) is 5.73 Å². The maximum Gasteiger partial charge on any atom is 0.0948 e. The lowest BCUT2D eigenvalue weighted by Crippen LogP contribution is -2.07. The normalized spacial score (nSPS) is 9.70. The summed E-state index contributed by atoms with van der Waals surface area (Å²) >= 11 is 0. The van der Waals surface area contributed by atoms with Crippen LogP contribution in [0.25, 0.3) is 0 Å². The highest BCUT2D eigenvalue weighted by molar-refractivity contribution is 4.96. The fraction of sp³-hybridized carbons (Fsp3) is 0.286. The highest BCUT2D eigenvalue weighted by Gasteiger charge is 1.90. The lowest BCUT2D eigenvalue weighted by molar-refractivity contribution is 0.769. The van der Waals surface area contributed by atoms with E-state index in [0.29, 0.717) is 6.54 Å². The summed E-state index contributed by atoms with van der Waals surface area (Å²) < 4.78 is 1.94. The molecule has 0 spiro atoms. The number of aromatic nitrogens is 2. The highest BCUT2D eigenvalue weighted by Crippen LogP contribution is 1.93. The van der Waals surface area contributed by atoms with E-state index in [1.54, 1.807) is 12.5 Å². The topological polar surface area (TPSA) is 43.8 Å². The number of imidazole rings is 1. The molecule has 0 aromatic carbocycles. The van der Waals surface area contributed by atoms with Crippen LogP contribution < -0.4 is 5.73 Å². The molecule has 0 radical (unpaired) electrons. The first-order chi connectivity index (χ1) is 4.83. The smallest absolute Gasteiger partial charge is 0.0948 e. The van der Waals surface area contributed by atoms with Crippen molar-refractivity contribution in [3.63, 3.8) is 0 Å². The Morgan fingerprint density at radius 2 is 2.50 bits per heavy atom. The van der Waals surface area contributed by atoms with Gasteiger partial charge in [0.1, 0.15) is 0 Å². The highest BCUT2D eigenvalue weighted by atomic mass is 15.0. The van der Waals surface area contributed by atoms with Gasteiger partial charge in [-0.05, 0) is 5.57 Å². The van der Waals surface area contributed by atoms with E-state index in [9.17, 15) is 0 Å². The number of hydrogen-bond donors (Lipinski definition) is 1. The van der Waals surface area contributed by atoms with Crippen molar-refractivity contribution in [2.24, 2.45) is 5.73 Å². The maximum atomic E-state index is 5.36. The molecular weight excluding hydrogens is 126 g/mol. The minimum atomic E-state index is 0.540. The lowest BCUT2D eigenvalue weighted by Gasteiger charge is -2.01. The molecule has 10 heavy (non-hydrogen) atoms. The minimum Gasteiger partial charge on any atom is -0.333 e. The van der Waals surface area contributed by atoms with E-state index in [1.807, 2.05) is 10.8 Å². The molecule has 0 amide bonds. The summed E-state index contributed by atoms with van der Waals surface area (Å²) in [5.41, 5.74) is 6.37. The quantitative estimate of drug-likeness (QED) is 0.613. The van der Waals surface area contributed by atoms with Gasteiger partial charge in [-0.1, -0.05) is 6.58 Å². The van der Waals surface area contributed by atoms with Crippen LogP contribution in [-0.2, 0) is 6.54 Å². The molecule has 2 N–H and O–H groups in total. The molecular formula is C7H11N3. The van der Waals surface area contributed by atoms with Crippen LogP contribution in [0, 0.1) is 0 Å². The van der Waals surface area contributed by atoms with E-state index in [1.165, 1.54) is 0 Å². The molecule has 1 aromatic heterocycles. The zero-order valence-electron chi connectivity index (χ0n) is 5.83. The molecule has 3 heteroatoms. The van der Waals surface area contributed by atoms with Crippen LogP contribution in [0.1, 0.15) is 0 Å². The first-order valence-corrected chi connectivity index (χ1v) is 3.15. The molecule has 1 aromatic rings. The predicted octanol–water partition coefficient (Wildman–Crippen LogP) is 0.398. The number of hydrogen-bond acceptors (Lipinski definition) is 2. The summed E-state index contributed by atoms with van der Waals surface area (Å²) in [5.74, 6) is 0. The SMILES string of the molecule is C=C(CN)Cn1ccnc1. The number of nitrogens with two attached hydrogens (primary N) is 1. The Hall–Kier alpha value is -1.09. The van der Waals surface area contributed by atoms with Crippen molar-refractivity contribution in [1.82, 2.24) is 9.55 Å². The van der Waals surface area contributed by atoms with E-state index in [2.05, 4.69) is 11.6 Å². The standard InChI is InChI=1S/C7H11N3/c1-7(4-8)5-10-3-2-9-6-10/h2-3,6H,1,4-5,8H2. The van der Waals surface area contributed by atoms with E-state index < -0.39 is 0 Å². The van der Waals surface area contributed by atoms with Gasteiger partial charge in [-0.15, -0.1) is 0 Å². The molecule has 0 saturated heterocycles. The largest absolute Gasteiger partial charge is 0.333 e. The van der Waals surface area contributed by atoms with Gasteiger partial charge in [-0.3, -0.25) is 0 Å². The minimum absolute atomic E-state index is 0.540. The summed E-state index contributed by atoms with van der Waals surface area (Å²) in [4.78, 5) is 3.89. The molecule has 0 aliphatic rings. The fourth-order valence-corrected chi connectivity index (χ4v) is 0.703. The lowest BCUT2D eigenvalue weighted by atomic mass is 10.3.